The van der Waals surface area contributed by atoms with Crippen LogP contribution in [-0.2, 0) is 4.79 Å². The van der Waals surface area contributed by atoms with Gasteiger partial charge in [0.05, 0.1) is 19.3 Å². The maximum Gasteiger partial charge on any atom is 0.264 e. The molecule has 1 amide bonds. The van der Waals surface area contributed by atoms with Crippen molar-refractivity contribution in [3.8, 4) is 17.2 Å². The molecule has 1 unspecified atom stereocenters. The van der Waals surface area contributed by atoms with Crippen molar-refractivity contribution in [1.82, 2.24) is 5.32 Å². The van der Waals surface area contributed by atoms with Crippen molar-refractivity contribution in [2.45, 2.75) is 38.8 Å². The fraction of sp³-hybridized carbons (Fsp3) is 0.381. The fourth-order valence-electron chi connectivity index (χ4n) is 2.94. The molecule has 138 valence electrons. The molecule has 2 aromatic rings. The second kappa shape index (κ2) is 7.68. The average molecular weight is 355 g/mol. The van der Waals surface area contributed by atoms with E-state index in [2.05, 4.69) is 5.32 Å². The summed E-state index contributed by atoms with van der Waals surface area (Å²) in [6.07, 6.45) is 0.738. The molecule has 0 aromatic heterocycles. The lowest BCUT2D eigenvalue weighted by molar-refractivity contribution is -0.135. The first-order valence-corrected chi connectivity index (χ1v) is 8.94. The van der Waals surface area contributed by atoms with Gasteiger partial charge in [0.1, 0.15) is 17.2 Å². The van der Waals surface area contributed by atoms with E-state index in [0.717, 1.165) is 23.5 Å². The number of hydrogen-bond donors (Lipinski definition) is 1. The van der Waals surface area contributed by atoms with Crippen LogP contribution in [0, 0.1) is 0 Å². The molecule has 5 heteroatoms. The van der Waals surface area contributed by atoms with E-state index < -0.39 is 5.60 Å². The molecule has 0 bridgehead atoms. The zero-order valence-electron chi connectivity index (χ0n) is 15.5. The predicted octanol–water partition coefficient (Wildman–Crippen LogP) is 3.88. The second-order valence-electron chi connectivity index (χ2n) is 6.72. The van der Waals surface area contributed by atoms with Crippen LogP contribution in [0.5, 0.6) is 17.2 Å². The highest BCUT2D eigenvalue weighted by Crippen LogP contribution is 2.32. The Morgan fingerprint density at radius 1 is 1.15 bits per heavy atom. The molecule has 1 heterocycles. The van der Waals surface area contributed by atoms with Crippen LogP contribution in [0.4, 0.5) is 0 Å². The maximum atomic E-state index is 12.8. The van der Waals surface area contributed by atoms with E-state index in [1.807, 2.05) is 55.5 Å². The number of rotatable bonds is 6. The summed E-state index contributed by atoms with van der Waals surface area (Å²) in [7, 11) is 0. The molecule has 0 saturated carbocycles. The zero-order chi connectivity index (χ0) is 18.6. The molecule has 1 N–H and O–H groups in total. The van der Waals surface area contributed by atoms with Gasteiger partial charge in [0.15, 0.2) is 5.60 Å². The van der Waals surface area contributed by atoms with Crippen molar-refractivity contribution < 1.29 is 19.0 Å². The predicted molar refractivity (Wildman–Crippen MR) is 99.8 cm³/mol. The van der Waals surface area contributed by atoms with Gasteiger partial charge in [-0.25, -0.2) is 0 Å². The molecule has 0 radical (unpaired) electrons. The summed E-state index contributed by atoms with van der Waals surface area (Å²) < 4.78 is 17.0. The van der Waals surface area contributed by atoms with Gasteiger partial charge in [-0.05, 0) is 51.1 Å². The first-order valence-electron chi connectivity index (χ1n) is 8.94. The number of carbonyl (C=O) groups excluding carboxylic acids is 1. The number of ether oxygens (including phenoxy) is 3. The van der Waals surface area contributed by atoms with Crippen LogP contribution >= 0.6 is 0 Å². The van der Waals surface area contributed by atoms with E-state index in [9.17, 15) is 4.79 Å². The van der Waals surface area contributed by atoms with Crippen molar-refractivity contribution in [1.29, 1.82) is 0 Å². The molecule has 0 saturated heterocycles. The number of carbonyl (C=O) groups is 1. The Morgan fingerprint density at radius 3 is 2.58 bits per heavy atom. The van der Waals surface area contributed by atoms with Crippen LogP contribution in [0.3, 0.4) is 0 Å². The van der Waals surface area contributed by atoms with Gasteiger partial charge in [-0.15, -0.1) is 0 Å². The summed E-state index contributed by atoms with van der Waals surface area (Å²) in [5.74, 6) is 2.07. The summed E-state index contributed by atoms with van der Waals surface area (Å²) in [4.78, 5) is 12.8. The summed E-state index contributed by atoms with van der Waals surface area (Å²) in [5.41, 5.74) is 0.00405. The third-order valence-corrected chi connectivity index (χ3v) is 4.32. The van der Waals surface area contributed by atoms with Gasteiger partial charge < -0.3 is 19.5 Å². The molecule has 5 nitrogen and oxygen atoms in total. The van der Waals surface area contributed by atoms with Crippen LogP contribution in [0.25, 0.3) is 0 Å². The number of hydrogen-bond acceptors (Lipinski definition) is 4. The lowest BCUT2D eigenvalue weighted by Gasteiger charge is -2.31. The number of benzene rings is 2. The van der Waals surface area contributed by atoms with E-state index in [1.54, 1.807) is 13.8 Å². The van der Waals surface area contributed by atoms with Gasteiger partial charge in [-0.2, -0.15) is 0 Å². The average Bonchev–Trinajstić information content (AvgIpc) is 2.63. The van der Waals surface area contributed by atoms with Crippen LogP contribution in [0.15, 0.2) is 48.5 Å². The molecular formula is C21H25NO4. The summed E-state index contributed by atoms with van der Waals surface area (Å²) >= 11 is 0. The standard InChI is InChI=1S/C21H25NO4/c1-4-24-15-9-11-16(12-10-15)26-21(2,3)20(23)22-18-13-14-25-19-8-6-5-7-17(18)19/h5-12,18H,4,13-14H2,1-3H3,(H,22,23). The Labute approximate surface area is 154 Å². The molecule has 3 rings (SSSR count). The molecule has 1 aliphatic rings. The summed E-state index contributed by atoms with van der Waals surface area (Å²) in [5, 5.41) is 3.10. The van der Waals surface area contributed by atoms with Crippen molar-refractivity contribution >= 4 is 5.91 Å². The summed E-state index contributed by atoms with van der Waals surface area (Å²) in [6, 6.07) is 15.0. The Bertz CT molecular complexity index is 755. The Balaban J connectivity index is 1.67. The van der Waals surface area contributed by atoms with Crippen LogP contribution in [-0.4, -0.2) is 24.7 Å². The smallest absolute Gasteiger partial charge is 0.264 e. The zero-order valence-corrected chi connectivity index (χ0v) is 15.5. The van der Waals surface area contributed by atoms with E-state index in [1.165, 1.54) is 0 Å². The minimum Gasteiger partial charge on any atom is -0.494 e. The highest BCUT2D eigenvalue weighted by atomic mass is 16.5. The number of para-hydroxylation sites is 1. The molecule has 1 aliphatic heterocycles. The largest absolute Gasteiger partial charge is 0.494 e. The number of fused-ring (bicyclic) bond motifs is 1. The lowest BCUT2D eigenvalue weighted by Crippen LogP contribution is -2.48. The minimum atomic E-state index is -1.000. The first kappa shape index (κ1) is 18.1. The Kier molecular flexibility index (Phi) is 5.35. The van der Waals surface area contributed by atoms with Gasteiger partial charge in [0.25, 0.3) is 5.91 Å². The molecule has 0 fully saturated rings. The molecule has 26 heavy (non-hydrogen) atoms. The molecule has 0 aliphatic carbocycles. The van der Waals surface area contributed by atoms with Crippen molar-refractivity contribution in [2.75, 3.05) is 13.2 Å². The van der Waals surface area contributed by atoms with Gasteiger partial charge >= 0.3 is 0 Å². The molecule has 1 atom stereocenters. The number of amides is 1. The van der Waals surface area contributed by atoms with E-state index >= 15 is 0 Å². The molecule has 0 spiro atoms. The topological polar surface area (TPSA) is 56.8 Å². The monoisotopic (exact) mass is 355 g/mol. The summed E-state index contributed by atoms with van der Waals surface area (Å²) in [6.45, 7) is 6.67. The van der Waals surface area contributed by atoms with E-state index in [-0.39, 0.29) is 11.9 Å². The lowest BCUT2D eigenvalue weighted by atomic mass is 9.99. The third kappa shape index (κ3) is 4.10. The maximum absolute atomic E-state index is 12.8. The molecule has 2 aromatic carbocycles. The van der Waals surface area contributed by atoms with Gasteiger partial charge in [0.2, 0.25) is 0 Å². The normalized spacial score (nSPS) is 16.2. The Morgan fingerprint density at radius 2 is 1.85 bits per heavy atom. The fourth-order valence-corrected chi connectivity index (χ4v) is 2.94. The van der Waals surface area contributed by atoms with Gasteiger partial charge in [-0.1, -0.05) is 18.2 Å². The van der Waals surface area contributed by atoms with Gasteiger partial charge in [-0.3, -0.25) is 4.79 Å². The highest BCUT2D eigenvalue weighted by molar-refractivity contribution is 5.85. The van der Waals surface area contributed by atoms with E-state index in [0.29, 0.717) is 19.0 Å². The Hall–Kier alpha value is -2.69. The third-order valence-electron chi connectivity index (χ3n) is 4.32. The van der Waals surface area contributed by atoms with Gasteiger partial charge in [0, 0.05) is 12.0 Å². The second-order valence-corrected chi connectivity index (χ2v) is 6.72. The number of nitrogens with one attached hydrogen (secondary N) is 1. The quantitative estimate of drug-likeness (QED) is 0.854. The van der Waals surface area contributed by atoms with Crippen LogP contribution in [0.1, 0.15) is 38.8 Å². The van der Waals surface area contributed by atoms with Crippen LogP contribution in [0.2, 0.25) is 0 Å². The highest BCUT2D eigenvalue weighted by Gasteiger charge is 2.33. The van der Waals surface area contributed by atoms with Crippen molar-refractivity contribution in [2.24, 2.45) is 0 Å². The first-order chi connectivity index (χ1) is 12.5. The SMILES string of the molecule is CCOc1ccc(OC(C)(C)C(=O)NC2CCOc3ccccc32)cc1. The van der Waals surface area contributed by atoms with E-state index in [4.69, 9.17) is 14.2 Å². The van der Waals surface area contributed by atoms with Crippen molar-refractivity contribution in [3.05, 3.63) is 54.1 Å². The minimum absolute atomic E-state index is 0.0735. The molecular weight excluding hydrogens is 330 g/mol. The van der Waals surface area contributed by atoms with Crippen LogP contribution < -0.4 is 19.5 Å². The van der Waals surface area contributed by atoms with Crippen molar-refractivity contribution in [3.63, 3.8) is 0 Å².